The summed E-state index contributed by atoms with van der Waals surface area (Å²) in [7, 11) is 4.11. The highest BCUT2D eigenvalue weighted by atomic mass is 16.6. The molecule has 1 aliphatic rings. The predicted octanol–water partition coefficient (Wildman–Crippen LogP) is 5.01. The van der Waals surface area contributed by atoms with E-state index in [-0.39, 0.29) is 25.7 Å². The van der Waals surface area contributed by atoms with Crippen molar-refractivity contribution < 1.29 is 57.3 Å². The van der Waals surface area contributed by atoms with Crippen molar-refractivity contribution in [3.8, 4) is 0 Å². The van der Waals surface area contributed by atoms with Crippen LogP contribution in [0.2, 0.25) is 0 Å². The first-order chi connectivity index (χ1) is 27.9. The lowest BCUT2D eigenvalue weighted by Crippen LogP contribution is -2.53. The van der Waals surface area contributed by atoms with Crippen molar-refractivity contribution in [2.24, 2.45) is 0 Å². The zero-order valence-electron chi connectivity index (χ0n) is 37.7. The molecule has 0 unspecified atom stereocenters. The van der Waals surface area contributed by atoms with Crippen molar-refractivity contribution in [2.75, 3.05) is 21.1 Å². The zero-order chi connectivity index (χ0) is 44.8. The molecule has 0 saturated carbocycles. The normalized spacial score (nSPS) is 26.8. The maximum absolute atomic E-state index is 13.9. The van der Waals surface area contributed by atoms with Crippen LogP contribution in [0.25, 0.3) is 0 Å². The zero-order valence-corrected chi connectivity index (χ0v) is 37.7. The molecule has 1 aliphatic heterocycles. The molecule has 0 bridgehead atoms. The summed E-state index contributed by atoms with van der Waals surface area (Å²) in [6.45, 7) is 13.6. The number of likely N-dealkylation sites (N-methyl/N-ethyl adjacent to an activating group) is 3. The van der Waals surface area contributed by atoms with Crippen molar-refractivity contribution in [1.29, 1.82) is 0 Å². The minimum atomic E-state index is -1.32. The van der Waals surface area contributed by atoms with Gasteiger partial charge in [0, 0.05) is 21.1 Å². The Bertz CT molecular complexity index is 1390. The van der Waals surface area contributed by atoms with Gasteiger partial charge in [0.25, 0.3) is 23.6 Å². The van der Waals surface area contributed by atoms with Crippen LogP contribution in [0.1, 0.15) is 158 Å². The smallest absolute Gasteiger partial charge is 0.329 e. The number of cyclic esters (lactones) is 4. The lowest BCUT2D eigenvalue weighted by atomic mass is 10.1. The Morgan fingerprint density at radius 2 is 0.661 bits per heavy atom. The fourth-order valence-corrected chi connectivity index (χ4v) is 6.31. The van der Waals surface area contributed by atoms with Crippen LogP contribution in [-0.2, 0) is 57.3 Å². The summed E-state index contributed by atoms with van der Waals surface area (Å²) in [5.41, 5.74) is 0. The number of nitrogens with one attached hydrogen (secondary N) is 1. The number of hydrogen-bond donors (Lipinski definition) is 1. The van der Waals surface area contributed by atoms with Gasteiger partial charge in [-0.1, -0.05) is 79.1 Å². The summed E-state index contributed by atoms with van der Waals surface area (Å²) in [4.78, 5) is 113. The third-order valence-corrected chi connectivity index (χ3v) is 11.0. The Hall–Kier alpha value is -4.24. The third-order valence-electron chi connectivity index (χ3n) is 11.0. The molecule has 1 heterocycles. The standard InChI is InChI=1S/C43H74N4O12/c1-12-16-20-24-32-36(48)44-28(5)40(52)57-33(25-21-17-13-2)37(49)46(10)30(7)42(54)59-35(27-23-19-15-4)39(51)47(11)31(8)43(55)58-34(26-22-18-14-3)38(50)45(9)29(6)41(53)56-32/h28-35H,12-27H2,1-11H3,(H,44,48)/t28-,29-,30-,31-,32+,33+,34+,35+/m1/s1. The van der Waals surface area contributed by atoms with E-state index in [1.165, 1.54) is 48.8 Å². The van der Waals surface area contributed by atoms with Crippen LogP contribution >= 0.6 is 0 Å². The Morgan fingerprint density at radius 3 is 0.949 bits per heavy atom. The SMILES string of the molecule is CCCCC[C@@H]1OC(=O)[C@@H](C)N(C)C(=O)[C@H](CCCCC)OC(=O)[C@@H](C)N(C)C(=O)[C@H](CCCCC)OC(=O)[C@@H](C)N(C)C(=O)[C@H](CCCCC)OC(=O)[C@@H](C)NC1=O. The predicted molar refractivity (Wildman–Crippen MR) is 220 cm³/mol. The minimum Gasteiger partial charge on any atom is -0.451 e. The molecule has 16 nitrogen and oxygen atoms in total. The van der Waals surface area contributed by atoms with Crippen LogP contribution in [-0.4, -0.2) is 132 Å². The van der Waals surface area contributed by atoms with Crippen LogP contribution < -0.4 is 5.32 Å². The van der Waals surface area contributed by atoms with E-state index >= 15 is 0 Å². The van der Waals surface area contributed by atoms with Crippen molar-refractivity contribution >= 4 is 47.5 Å². The van der Waals surface area contributed by atoms with Gasteiger partial charge in [-0.2, -0.15) is 0 Å². The highest BCUT2D eigenvalue weighted by Crippen LogP contribution is 2.20. The number of hydrogen-bond acceptors (Lipinski definition) is 12. The topological polar surface area (TPSA) is 195 Å². The maximum atomic E-state index is 13.9. The molecule has 0 aliphatic carbocycles. The molecule has 0 aromatic rings. The average molecular weight is 839 g/mol. The number of carbonyl (C=O) groups excluding carboxylic acids is 8. The number of nitrogens with zero attached hydrogens (tertiary/aromatic N) is 3. The van der Waals surface area contributed by atoms with Crippen molar-refractivity contribution in [3.63, 3.8) is 0 Å². The maximum Gasteiger partial charge on any atom is 0.329 e. The number of carbonyl (C=O) groups is 8. The Labute approximate surface area is 352 Å². The molecule has 59 heavy (non-hydrogen) atoms. The summed E-state index contributed by atoms with van der Waals surface area (Å²) in [5.74, 6) is -6.34. The second kappa shape index (κ2) is 27.5. The quantitative estimate of drug-likeness (QED) is 0.124. The monoisotopic (exact) mass is 839 g/mol. The first-order valence-corrected chi connectivity index (χ1v) is 21.8. The average Bonchev–Trinajstić information content (AvgIpc) is 3.21. The van der Waals surface area contributed by atoms with Gasteiger partial charge in [0.2, 0.25) is 0 Å². The van der Waals surface area contributed by atoms with Crippen molar-refractivity contribution in [3.05, 3.63) is 0 Å². The van der Waals surface area contributed by atoms with Crippen molar-refractivity contribution in [2.45, 2.75) is 207 Å². The molecule has 1 fully saturated rings. The molecule has 8 atom stereocenters. The van der Waals surface area contributed by atoms with Gasteiger partial charge in [0.1, 0.15) is 24.2 Å². The molecule has 1 rings (SSSR count). The molecule has 1 saturated heterocycles. The molecular formula is C43H74N4O12. The summed E-state index contributed by atoms with van der Waals surface area (Å²) in [5, 5.41) is 2.56. The summed E-state index contributed by atoms with van der Waals surface area (Å²) < 4.78 is 22.9. The Kier molecular flexibility index (Phi) is 24.6. The van der Waals surface area contributed by atoms with Gasteiger partial charge < -0.3 is 39.0 Å². The van der Waals surface area contributed by atoms with Crippen LogP contribution in [0, 0.1) is 0 Å². The first kappa shape index (κ1) is 52.8. The number of esters is 4. The number of amides is 4. The van der Waals surface area contributed by atoms with E-state index in [9.17, 15) is 38.4 Å². The minimum absolute atomic E-state index is 0.134. The molecule has 4 amide bonds. The van der Waals surface area contributed by atoms with Gasteiger partial charge in [0.05, 0.1) is 0 Å². The Morgan fingerprint density at radius 1 is 0.407 bits per heavy atom. The molecule has 0 aromatic heterocycles. The second-order valence-corrected chi connectivity index (χ2v) is 15.8. The van der Waals surface area contributed by atoms with E-state index in [1.54, 1.807) is 0 Å². The van der Waals surface area contributed by atoms with Gasteiger partial charge in [-0.05, 0) is 79.1 Å². The van der Waals surface area contributed by atoms with E-state index in [0.29, 0.717) is 25.7 Å². The highest BCUT2D eigenvalue weighted by Gasteiger charge is 2.39. The van der Waals surface area contributed by atoms with Gasteiger partial charge in [-0.15, -0.1) is 0 Å². The highest BCUT2D eigenvalue weighted by molar-refractivity contribution is 5.94. The number of rotatable bonds is 16. The summed E-state index contributed by atoms with van der Waals surface area (Å²) in [6, 6.07) is -4.89. The lowest BCUT2D eigenvalue weighted by Gasteiger charge is -2.32. The molecule has 16 heteroatoms. The second-order valence-electron chi connectivity index (χ2n) is 15.8. The van der Waals surface area contributed by atoms with Gasteiger partial charge in [0.15, 0.2) is 24.4 Å². The van der Waals surface area contributed by atoms with E-state index in [2.05, 4.69) is 5.32 Å². The van der Waals surface area contributed by atoms with Crippen LogP contribution in [0.5, 0.6) is 0 Å². The molecule has 338 valence electrons. The molecule has 0 aromatic carbocycles. The largest absolute Gasteiger partial charge is 0.451 e. The molecular weight excluding hydrogens is 764 g/mol. The molecule has 0 spiro atoms. The summed E-state index contributed by atoms with van der Waals surface area (Å²) >= 11 is 0. The Balaban J connectivity index is 3.75. The van der Waals surface area contributed by atoms with E-state index in [4.69, 9.17) is 18.9 Å². The first-order valence-electron chi connectivity index (χ1n) is 21.8. The van der Waals surface area contributed by atoms with Gasteiger partial charge >= 0.3 is 23.9 Å². The molecule has 1 N–H and O–H groups in total. The summed E-state index contributed by atoms with van der Waals surface area (Å²) in [6.07, 6.45) is 3.64. The lowest BCUT2D eigenvalue weighted by molar-refractivity contribution is -0.174. The number of unbranched alkanes of at least 4 members (excludes halogenated alkanes) is 8. The molecule has 0 radical (unpaired) electrons. The fraction of sp³-hybridized carbons (Fsp3) is 0.814. The number of ether oxygens (including phenoxy) is 4. The van der Waals surface area contributed by atoms with E-state index in [0.717, 1.165) is 66.1 Å². The van der Waals surface area contributed by atoms with Crippen molar-refractivity contribution in [1.82, 2.24) is 20.0 Å². The van der Waals surface area contributed by atoms with Crippen LogP contribution in [0.3, 0.4) is 0 Å². The van der Waals surface area contributed by atoms with Crippen LogP contribution in [0.15, 0.2) is 0 Å². The van der Waals surface area contributed by atoms with Crippen LogP contribution in [0.4, 0.5) is 0 Å². The van der Waals surface area contributed by atoms with E-state index in [1.807, 2.05) is 27.7 Å². The van der Waals surface area contributed by atoms with Gasteiger partial charge in [-0.3, -0.25) is 19.2 Å². The van der Waals surface area contributed by atoms with E-state index < -0.39 is 96.1 Å². The van der Waals surface area contributed by atoms with Gasteiger partial charge in [-0.25, -0.2) is 19.2 Å². The fourth-order valence-electron chi connectivity index (χ4n) is 6.31. The third kappa shape index (κ3) is 17.1.